The van der Waals surface area contributed by atoms with Crippen LogP contribution >= 0.6 is 23.1 Å². The number of aliphatic carboxylic acids is 1. The smallest absolute Gasteiger partial charge is 0.276 e. The van der Waals surface area contributed by atoms with Crippen molar-refractivity contribution in [3.63, 3.8) is 0 Å². The van der Waals surface area contributed by atoms with Gasteiger partial charge in [-0.25, -0.2) is 4.98 Å². The zero-order valence-corrected chi connectivity index (χ0v) is 20.1. The fourth-order valence-electron chi connectivity index (χ4n) is 5.41. The summed E-state index contributed by atoms with van der Waals surface area (Å²) in [4.78, 5) is 42.8. The van der Waals surface area contributed by atoms with Crippen molar-refractivity contribution in [1.29, 1.82) is 0 Å². The molecule has 1 fully saturated rings. The van der Waals surface area contributed by atoms with E-state index in [2.05, 4.69) is 22.5 Å². The Bertz CT molecular complexity index is 1170. The maximum Gasteiger partial charge on any atom is 0.276 e. The standard InChI is InChI=1S/C21H24N6O5S2/c1-27(5-10-3-2-4-11(10)6-27)7-12-8-33-19-15(18(29)26(19)16(12)20(30)31)24-17(28)14(25-32)13-9-34-21(22)23-13/h9,15,19H,2-8H2,1H3,(H4-,22,23,24,28,30,31,32)/t15-,19-/m1/s1. The molecule has 4 aliphatic rings. The molecule has 11 nitrogen and oxygen atoms in total. The highest BCUT2D eigenvalue weighted by Gasteiger charge is 2.54. The number of nitrogens with two attached hydrogens (primary N) is 1. The van der Waals surface area contributed by atoms with Crippen LogP contribution in [0, 0.1) is 0 Å². The monoisotopic (exact) mass is 504 g/mol. The second-order valence-electron chi connectivity index (χ2n) is 9.27. The summed E-state index contributed by atoms with van der Waals surface area (Å²) < 4.78 is 0.706. The summed E-state index contributed by atoms with van der Waals surface area (Å²) in [6.45, 7) is 2.35. The van der Waals surface area contributed by atoms with Crippen molar-refractivity contribution in [3.05, 3.63) is 33.5 Å². The number of likely N-dealkylation sites (tertiary alicyclic amines) is 1. The van der Waals surface area contributed by atoms with E-state index in [1.165, 1.54) is 39.6 Å². The van der Waals surface area contributed by atoms with E-state index >= 15 is 0 Å². The third-order valence-electron chi connectivity index (χ3n) is 6.78. The van der Waals surface area contributed by atoms with Crippen LogP contribution in [0.3, 0.4) is 0 Å². The van der Waals surface area contributed by atoms with Gasteiger partial charge in [-0.05, 0) is 30.4 Å². The van der Waals surface area contributed by atoms with E-state index in [0.717, 1.165) is 37.3 Å². The van der Waals surface area contributed by atoms with Crippen LogP contribution in [-0.4, -0.2) is 86.9 Å². The van der Waals surface area contributed by atoms with Crippen molar-refractivity contribution in [3.8, 4) is 0 Å². The van der Waals surface area contributed by atoms with Crippen LogP contribution in [0.4, 0.5) is 5.13 Å². The Labute approximate surface area is 203 Å². The normalized spacial score (nSPS) is 25.9. The molecule has 4 N–H and O–H groups in total. The number of hydrogen-bond acceptors (Lipinski definition) is 10. The Morgan fingerprint density at radius 1 is 1.38 bits per heavy atom. The van der Waals surface area contributed by atoms with E-state index in [4.69, 9.17) is 5.73 Å². The van der Waals surface area contributed by atoms with E-state index in [0.29, 0.717) is 22.4 Å². The molecule has 0 spiro atoms. The van der Waals surface area contributed by atoms with Crippen molar-refractivity contribution in [2.75, 3.05) is 38.2 Å². The number of anilines is 1. The number of quaternary nitrogens is 1. The SMILES string of the molecule is C[N+]1(CC2=C(C(=O)[O-])N3C(=O)[C@@H](NC(=O)/C(=N\O)c4csc(N)n4)[C@H]3SC2)CC2=C(CCC2)C1. The van der Waals surface area contributed by atoms with Crippen LogP contribution in [0.5, 0.6) is 0 Å². The van der Waals surface area contributed by atoms with Gasteiger partial charge in [0, 0.05) is 16.7 Å². The molecule has 0 unspecified atom stereocenters. The minimum atomic E-state index is -1.39. The Hall–Kier alpha value is -2.90. The highest BCUT2D eigenvalue weighted by Crippen LogP contribution is 2.42. The van der Waals surface area contributed by atoms with E-state index in [-0.39, 0.29) is 22.2 Å². The van der Waals surface area contributed by atoms with E-state index < -0.39 is 29.2 Å². The number of carboxylic acids is 1. The van der Waals surface area contributed by atoms with Gasteiger partial charge in [-0.2, -0.15) is 0 Å². The lowest BCUT2D eigenvalue weighted by molar-refractivity contribution is -0.890. The van der Waals surface area contributed by atoms with Gasteiger partial charge in [0.2, 0.25) is 0 Å². The number of thiazole rings is 1. The fourth-order valence-corrected chi connectivity index (χ4v) is 7.30. The number of β-lactam (4-membered cyclic amide) rings is 1. The molecule has 2 amide bonds. The summed E-state index contributed by atoms with van der Waals surface area (Å²) in [5, 5.41) is 28.0. The molecular weight excluding hydrogens is 480 g/mol. The minimum absolute atomic E-state index is 0.0862. The number of carbonyl (C=O) groups excluding carboxylic acids is 3. The molecule has 3 aliphatic heterocycles. The predicted molar refractivity (Wildman–Crippen MR) is 124 cm³/mol. The number of nitrogens with zero attached hydrogens (tertiary/aromatic N) is 4. The van der Waals surface area contributed by atoms with Crippen LogP contribution in [0.2, 0.25) is 0 Å². The van der Waals surface area contributed by atoms with Crippen molar-refractivity contribution in [1.82, 2.24) is 15.2 Å². The molecule has 0 saturated carbocycles. The number of carboxylic acid groups (broad SMARTS) is 1. The van der Waals surface area contributed by atoms with Crippen molar-refractivity contribution in [2.45, 2.75) is 30.7 Å². The average molecular weight is 505 g/mol. The van der Waals surface area contributed by atoms with Crippen LogP contribution in [-0.2, 0) is 14.4 Å². The number of nitrogens with one attached hydrogen (secondary N) is 1. The van der Waals surface area contributed by atoms with Gasteiger partial charge in [0.25, 0.3) is 11.8 Å². The number of fused-ring (bicyclic) bond motifs is 1. The number of rotatable bonds is 6. The number of oxime groups is 1. The summed E-state index contributed by atoms with van der Waals surface area (Å²) in [6, 6.07) is -0.955. The molecule has 5 rings (SSSR count). The van der Waals surface area contributed by atoms with Gasteiger partial charge < -0.3 is 30.6 Å². The molecule has 180 valence electrons. The minimum Gasteiger partial charge on any atom is -0.543 e. The van der Waals surface area contributed by atoms with Gasteiger partial charge >= 0.3 is 0 Å². The summed E-state index contributed by atoms with van der Waals surface area (Å²) in [5.74, 6) is -2.30. The summed E-state index contributed by atoms with van der Waals surface area (Å²) in [7, 11) is 2.12. The topological polar surface area (TPSA) is 161 Å². The second-order valence-corrected chi connectivity index (χ2v) is 11.3. The molecule has 1 aromatic rings. The zero-order chi connectivity index (χ0) is 24.2. The third-order valence-corrected chi connectivity index (χ3v) is 8.80. The number of nitrogen functional groups attached to an aromatic ring is 1. The predicted octanol–water partition coefficient (Wildman–Crippen LogP) is -0.752. The van der Waals surface area contributed by atoms with Crippen LogP contribution in [0.1, 0.15) is 25.0 Å². The summed E-state index contributed by atoms with van der Waals surface area (Å²) >= 11 is 2.48. The first-order chi connectivity index (χ1) is 16.2. The summed E-state index contributed by atoms with van der Waals surface area (Å²) in [6.07, 6.45) is 3.43. The molecule has 1 saturated heterocycles. The lowest BCUT2D eigenvalue weighted by atomic mass is 10.0. The van der Waals surface area contributed by atoms with Gasteiger partial charge in [0.1, 0.15) is 36.7 Å². The van der Waals surface area contributed by atoms with Crippen LogP contribution < -0.4 is 16.2 Å². The lowest BCUT2D eigenvalue weighted by Gasteiger charge is -2.51. The van der Waals surface area contributed by atoms with E-state index in [9.17, 15) is 24.7 Å². The number of hydrogen-bond donors (Lipinski definition) is 3. The van der Waals surface area contributed by atoms with Crippen molar-refractivity contribution < 1.29 is 29.2 Å². The largest absolute Gasteiger partial charge is 0.543 e. The number of amides is 2. The Kier molecular flexibility index (Phi) is 5.65. The number of aromatic nitrogens is 1. The Morgan fingerprint density at radius 2 is 2.09 bits per heavy atom. The fraction of sp³-hybridized carbons (Fsp3) is 0.476. The van der Waals surface area contributed by atoms with Gasteiger partial charge in [-0.1, -0.05) is 5.16 Å². The molecule has 4 heterocycles. The highest BCUT2D eigenvalue weighted by molar-refractivity contribution is 8.00. The molecule has 0 aromatic carbocycles. The molecule has 2 atom stereocenters. The second kappa shape index (κ2) is 8.40. The lowest BCUT2D eigenvalue weighted by Crippen LogP contribution is -2.71. The molecule has 34 heavy (non-hydrogen) atoms. The zero-order valence-electron chi connectivity index (χ0n) is 18.4. The van der Waals surface area contributed by atoms with Gasteiger partial charge in [0.05, 0.1) is 18.7 Å². The molecule has 0 bridgehead atoms. The number of carbonyl (C=O) groups is 3. The highest BCUT2D eigenvalue weighted by atomic mass is 32.2. The first-order valence-electron chi connectivity index (χ1n) is 10.9. The maximum atomic E-state index is 12.9. The number of likely N-dealkylation sites (N-methyl/N-ethyl adjacent to an activating group) is 1. The third kappa shape index (κ3) is 3.77. The Balaban J connectivity index is 1.31. The first-order valence-corrected chi connectivity index (χ1v) is 12.8. The number of thioether (sulfide) groups is 1. The van der Waals surface area contributed by atoms with E-state index in [1.54, 1.807) is 0 Å². The summed E-state index contributed by atoms with van der Waals surface area (Å²) in [5.41, 5.74) is 8.86. The van der Waals surface area contributed by atoms with Crippen LogP contribution in [0.15, 0.2) is 33.0 Å². The molecule has 1 aromatic heterocycles. The van der Waals surface area contributed by atoms with Gasteiger partial charge in [0.15, 0.2) is 10.8 Å². The molecule has 0 radical (unpaired) electrons. The Morgan fingerprint density at radius 3 is 2.68 bits per heavy atom. The first kappa shape index (κ1) is 22.9. The maximum absolute atomic E-state index is 12.9. The molecular formula is C21H24N6O5S2. The van der Waals surface area contributed by atoms with Gasteiger partial charge in [-0.15, -0.1) is 23.1 Å². The van der Waals surface area contributed by atoms with Crippen LogP contribution in [0.25, 0.3) is 0 Å². The van der Waals surface area contributed by atoms with Crippen molar-refractivity contribution >= 4 is 51.7 Å². The quantitative estimate of drug-likeness (QED) is 0.114. The van der Waals surface area contributed by atoms with Gasteiger partial charge in [-0.3, -0.25) is 14.5 Å². The van der Waals surface area contributed by atoms with Crippen molar-refractivity contribution in [2.24, 2.45) is 5.16 Å². The molecule has 1 aliphatic carbocycles. The molecule has 13 heteroatoms. The average Bonchev–Trinajstić information content (AvgIpc) is 3.47. The van der Waals surface area contributed by atoms with E-state index in [1.807, 2.05) is 0 Å².